The second kappa shape index (κ2) is 7.09. The van der Waals surface area contributed by atoms with E-state index in [2.05, 4.69) is 0 Å². The Morgan fingerprint density at radius 2 is 1.83 bits per heavy atom. The van der Waals surface area contributed by atoms with Gasteiger partial charge in [0, 0.05) is 12.6 Å². The van der Waals surface area contributed by atoms with E-state index in [1.165, 1.54) is 19.2 Å². The Bertz CT molecular complexity index is 389. The summed E-state index contributed by atoms with van der Waals surface area (Å²) in [5.41, 5.74) is 0.527. The van der Waals surface area contributed by atoms with Crippen molar-refractivity contribution >= 4 is 5.91 Å². The van der Waals surface area contributed by atoms with E-state index in [-0.39, 0.29) is 11.5 Å². The van der Waals surface area contributed by atoms with Gasteiger partial charge in [-0.3, -0.25) is 4.79 Å². The molecule has 18 heavy (non-hydrogen) atoms. The zero-order valence-electron chi connectivity index (χ0n) is 11.6. The van der Waals surface area contributed by atoms with Crippen LogP contribution < -0.4 is 5.32 Å². The molecule has 2 nitrogen and oxygen atoms in total. The van der Waals surface area contributed by atoms with Crippen LogP contribution in [-0.4, -0.2) is 13.0 Å². The summed E-state index contributed by atoms with van der Waals surface area (Å²) in [7, 11) is 1.20. The van der Waals surface area contributed by atoms with Crippen molar-refractivity contribution in [3.8, 4) is 0 Å². The molecule has 4 heteroatoms. The molecule has 0 spiro atoms. The molecule has 0 saturated heterocycles. The monoisotopic (exact) mass is 257 g/mol. The molecule has 0 radical (unpaired) electrons. The maximum absolute atomic E-state index is 13.6. The Morgan fingerprint density at radius 1 is 1.28 bits per heavy atom. The van der Waals surface area contributed by atoms with Crippen LogP contribution >= 0.6 is 0 Å². The van der Waals surface area contributed by atoms with E-state index in [0.717, 1.165) is 5.56 Å². The summed E-state index contributed by atoms with van der Waals surface area (Å²) >= 11 is 0. The van der Waals surface area contributed by atoms with Crippen LogP contribution in [0.15, 0.2) is 24.3 Å². The quantitative estimate of drug-likeness (QED) is 0.879. The highest BCUT2D eigenvalue weighted by atomic mass is 19.3. The van der Waals surface area contributed by atoms with E-state index in [1.807, 2.05) is 33.0 Å². The first-order valence-electron chi connectivity index (χ1n) is 6.10. The van der Waals surface area contributed by atoms with Crippen molar-refractivity contribution < 1.29 is 13.6 Å². The van der Waals surface area contributed by atoms with Gasteiger partial charge < -0.3 is 5.32 Å². The molecule has 1 rings (SSSR count). The number of rotatable bonds is 3. The van der Waals surface area contributed by atoms with Gasteiger partial charge in [0.1, 0.15) is 0 Å². The van der Waals surface area contributed by atoms with Crippen molar-refractivity contribution in [3.05, 3.63) is 35.4 Å². The van der Waals surface area contributed by atoms with Crippen LogP contribution in [0.25, 0.3) is 0 Å². The molecule has 1 amide bonds. The van der Waals surface area contributed by atoms with Gasteiger partial charge in [0.2, 0.25) is 0 Å². The number of carbonyl (C=O) groups is 1. The lowest BCUT2D eigenvalue weighted by Gasteiger charge is -2.16. The molecule has 0 saturated carbocycles. The molecule has 1 aromatic rings. The molecule has 1 aromatic carbocycles. The number of halogens is 2. The summed E-state index contributed by atoms with van der Waals surface area (Å²) in [6.45, 7) is 7.83. The standard InChI is InChI=1S/C12H15F2NO.C2H6/c1-8(2)9-5-4-6-10(7-9)12(13,14)11(16)15-3;1-2/h4-8H,1-3H3,(H,15,16);1-2H3. The Balaban J connectivity index is 0.00000137. The highest BCUT2D eigenvalue weighted by Gasteiger charge is 2.40. The number of hydrogen-bond acceptors (Lipinski definition) is 1. The molecule has 0 aliphatic heterocycles. The molecule has 0 atom stereocenters. The SMILES string of the molecule is CC.CNC(=O)C(F)(F)c1cccc(C(C)C)c1. The third kappa shape index (κ3) is 3.79. The van der Waals surface area contributed by atoms with Gasteiger partial charge in [-0.15, -0.1) is 0 Å². The second-order valence-electron chi connectivity index (χ2n) is 3.93. The van der Waals surface area contributed by atoms with Crippen molar-refractivity contribution in [3.63, 3.8) is 0 Å². The summed E-state index contributed by atoms with van der Waals surface area (Å²) in [6.07, 6.45) is 0. The van der Waals surface area contributed by atoms with E-state index in [9.17, 15) is 13.6 Å². The van der Waals surface area contributed by atoms with Gasteiger partial charge in [0.25, 0.3) is 5.91 Å². The van der Waals surface area contributed by atoms with Crippen LogP contribution in [0.5, 0.6) is 0 Å². The Labute approximate surface area is 107 Å². The molecule has 0 unspecified atom stereocenters. The van der Waals surface area contributed by atoms with E-state index in [0.29, 0.717) is 0 Å². The molecular weight excluding hydrogens is 236 g/mol. The van der Waals surface area contributed by atoms with Crippen LogP contribution in [0.1, 0.15) is 44.7 Å². The lowest BCUT2D eigenvalue weighted by atomic mass is 9.98. The molecular formula is C14H21F2NO. The van der Waals surface area contributed by atoms with Crippen LogP contribution in [0.3, 0.4) is 0 Å². The minimum absolute atomic E-state index is 0.153. The first-order chi connectivity index (χ1) is 8.39. The maximum atomic E-state index is 13.6. The van der Waals surface area contributed by atoms with E-state index in [1.54, 1.807) is 12.1 Å². The molecule has 0 aliphatic carbocycles. The summed E-state index contributed by atoms with van der Waals surface area (Å²) in [5.74, 6) is -4.60. The number of amides is 1. The fraction of sp³-hybridized carbons (Fsp3) is 0.500. The average molecular weight is 257 g/mol. The Kier molecular flexibility index (Phi) is 6.52. The zero-order chi connectivity index (χ0) is 14.3. The zero-order valence-corrected chi connectivity index (χ0v) is 11.6. The maximum Gasteiger partial charge on any atom is 0.349 e. The first-order valence-corrected chi connectivity index (χ1v) is 6.10. The topological polar surface area (TPSA) is 29.1 Å². The number of benzene rings is 1. The lowest BCUT2D eigenvalue weighted by Crippen LogP contribution is -2.35. The van der Waals surface area contributed by atoms with Gasteiger partial charge in [-0.25, -0.2) is 0 Å². The van der Waals surface area contributed by atoms with Crippen molar-refractivity contribution in [2.24, 2.45) is 0 Å². The van der Waals surface area contributed by atoms with Gasteiger partial charge in [-0.1, -0.05) is 45.9 Å². The van der Waals surface area contributed by atoms with Gasteiger partial charge in [-0.05, 0) is 17.5 Å². The molecule has 102 valence electrons. The fourth-order valence-corrected chi connectivity index (χ4v) is 1.38. The van der Waals surface area contributed by atoms with E-state index in [4.69, 9.17) is 0 Å². The lowest BCUT2D eigenvalue weighted by molar-refractivity contribution is -0.146. The highest BCUT2D eigenvalue weighted by molar-refractivity contribution is 5.84. The van der Waals surface area contributed by atoms with E-state index >= 15 is 0 Å². The second-order valence-corrected chi connectivity index (χ2v) is 3.93. The summed E-state index contributed by atoms with van der Waals surface area (Å²) in [5, 5.41) is 1.96. The fourth-order valence-electron chi connectivity index (χ4n) is 1.38. The van der Waals surface area contributed by atoms with Gasteiger partial charge in [0.05, 0.1) is 0 Å². The van der Waals surface area contributed by atoms with Crippen molar-refractivity contribution in [1.82, 2.24) is 5.32 Å². The molecule has 0 bridgehead atoms. The highest BCUT2D eigenvalue weighted by Crippen LogP contribution is 2.30. The van der Waals surface area contributed by atoms with Gasteiger partial charge >= 0.3 is 5.92 Å². The number of hydrogen-bond donors (Lipinski definition) is 1. The van der Waals surface area contributed by atoms with Crippen molar-refractivity contribution in [2.75, 3.05) is 7.05 Å². The summed E-state index contributed by atoms with van der Waals surface area (Å²) < 4.78 is 27.2. The molecule has 0 aliphatic rings. The summed E-state index contributed by atoms with van der Waals surface area (Å²) in [6, 6.07) is 5.96. The number of carbonyl (C=O) groups excluding carboxylic acids is 1. The third-order valence-electron chi connectivity index (χ3n) is 2.43. The van der Waals surface area contributed by atoms with Crippen molar-refractivity contribution in [1.29, 1.82) is 0 Å². The molecule has 0 fully saturated rings. The molecule has 1 N–H and O–H groups in total. The number of alkyl halides is 2. The van der Waals surface area contributed by atoms with Crippen LogP contribution in [0, 0.1) is 0 Å². The predicted molar refractivity (Wildman–Crippen MR) is 69.8 cm³/mol. The van der Waals surface area contributed by atoms with E-state index < -0.39 is 11.8 Å². The van der Waals surface area contributed by atoms with Gasteiger partial charge in [0.15, 0.2) is 0 Å². The van der Waals surface area contributed by atoms with Crippen LogP contribution in [0.2, 0.25) is 0 Å². The number of nitrogens with one attached hydrogen (secondary N) is 1. The first kappa shape index (κ1) is 16.6. The Morgan fingerprint density at radius 3 is 2.28 bits per heavy atom. The minimum atomic E-state index is -3.47. The number of likely N-dealkylation sites (N-methyl/N-ethyl adjacent to an activating group) is 1. The summed E-state index contributed by atoms with van der Waals surface area (Å²) in [4.78, 5) is 11.1. The minimum Gasteiger partial charge on any atom is -0.354 e. The van der Waals surface area contributed by atoms with Crippen molar-refractivity contribution in [2.45, 2.75) is 39.5 Å². The third-order valence-corrected chi connectivity index (χ3v) is 2.43. The van der Waals surface area contributed by atoms with Gasteiger partial charge in [-0.2, -0.15) is 8.78 Å². The Hall–Kier alpha value is -1.45. The molecule has 0 heterocycles. The average Bonchev–Trinajstić information content (AvgIpc) is 2.40. The normalized spacial score (nSPS) is 10.7. The predicted octanol–water partition coefficient (Wildman–Crippen LogP) is 3.67. The van der Waals surface area contributed by atoms with Crippen LogP contribution in [0.4, 0.5) is 8.78 Å². The van der Waals surface area contributed by atoms with Crippen LogP contribution in [-0.2, 0) is 10.7 Å². The largest absolute Gasteiger partial charge is 0.354 e. The smallest absolute Gasteiger partial charge is 0.349 e. The molecule has 0 aromatic heterocycles.